The fourth-order valence-corrected chi connectivity index (χ4v) is 1.80. The van der Waals surface area contributed by atoms with Crippen molar-refractivity contribution in [2.75, 3.05) is 12.0 Å². The second kappa shape index (κ2) is 5.53. The summed E-state index contributed by atoms with van der Waals surface area (Å²) in [7, 11) is 0. The van der Waals surface area contributed by atoms with Gasteiger partial charge in [-0.15, -0.1) is 5.10 Å². The van der Waals surface area contributed by atoms with Crippen LogP contribution in [-0.2, 0) is 11.3 Å². The molecule has 90 valence electrons. The quantitative estimate of drug-likeness (QED) is 0.766. The molecule has 0 aromatic carbocycles. The maximum atomic E-state index is 10.4. The smallest absolute Gasteiger partial charge is 0.313 e. The average molecular weight is 262 g/mol. The normalized spacial score (nSPS) is 11.7. The topological polar surface area (TPSA) is 80.9 Å². The van der Waals surface area contributed by atoms with Gasteiger partial charge in [-0.05, 0) is 30.5 Å². The lowest BCUT2D eigenvalue weighted by Crippen LogP contribution is -2.24. The number of carboxylic acid groups (broad SMARTS) is 1. The Morgan fingerprint density at radius 3 is 2.81 bits per heavy atom. The zero-order valence-electron chi connectivity index (χ0n) is 9.38. The SMILES string of the molecule is CSC(C)(C)Cn1nnnc1SCC(=O)O. The zero-order chi connectivity index (χ0) is 12.2. The van der Waals surface area contributed by atoms with Crippen molar-refractivity contribution in [1.82, 2.24) is 20.2 Å². The van der Waals surface area contributed by atoms with Gasteiger partial charge < -0.3 is 5.11 Å². The van der Waals surface area contributed by atoms with Gasteiger partial charge in [-0.25, -0.2) is 4.68 Å². The largest absolute Gasteiger partial charge is 0.481 e. The Hall–Kier alpha value is -0.760. The van der Waals surface area contributed by atoms with Crippen molar-refractivity contribution in [3.63, 3.8) is 0 Å². The van der Waals surface area contributed by atoms with Crippen molar-refractivity contribution in [1.29, 1.82) is 0 Å². The van der Waals surface area contributed by atoms with Crippen molar-refractivity contribution in [2.24, 2.45) is 0 Å². The van der Waals surface area contributed by atoms with Crippen LogP contribution in [0.1, 0.15) is 13.8 Å². The van der Waals surface area contributed by atoms with E-state index < -0.39 is 5.97 Å². The molecule has 0 aliphatic rings. The van der Waals surface area contributed by atoms with Crippen molar-refractivity contribution in [3.05, 3.63) is 0 Å². The minimum Gasteiger partial charge on any atom is -0.481 e. The third-order valence-corrected chi connectivity index (χ3v) is 4.08. The summed E-state index contributed by atoms with van der Waals surface area (Å²) in [4.78, 5) is 10.4. The molecule has 1 rings (SSSR count). The molecular formula is C8H14N4O2S2. The summed E-state index contributed by atoms with van der Waals surface area (Å²) >= 11 is 2.85. The van der Waals surface area contributed by atoms with Gasteiger partial charge in [0.2, 0.25) is 5.16 Å². The molecule has 1 N–H and O–H groups in total. The standard InChI is InChI=1S/C8H14N4O2S2/c1-8(2,15-3)5-12-7(9-10-11-12)16-4-6(13)14/h4-5H2,1-3H3,(H,13,14). The highest BCUT2D eigenvalue weighted by Gasteiger charge is 2.20. The number of nitrogens with zero attached hydrogens (tertiary/aromatic N) is 4. The maximum absolute atomic E-state index is 10.4. The number of aliphatic carboxylic acids is 1. The van der Waals surface area contributed by atoms with E-state index in [2.05, 4.69) is 29.4 Å². The summed E-state index contributed by atoms with van der Waals surface area (Å²) < 4.78 is 1.66. The minimum atomic E-state index is -0.872. The van der Waals surface area contributed by atoms with E-state index in [0.29, 0.717) is 11.7 Å². The summed E-state index contributed by atoms with van der Waals surface area (Å²) in [6.07, 6.45) is 2.02. The molecule has 0 aliphatic heterocycles. The lowest BCUT2D eigenvalue weighted by molar-refractivity contribution is -0.133. The number of carbonyl (C=O) groups is 1. The Morgan fingerprint density at radius 2 is 2.25 bits per heavy atom. The summed E-state index contributed by atoms with van der Waals surface area (Å²) in [6, 6.07) is 0. The van der Waals surface area contributed by atoms with Crippen LogP contribution in [0.5, 0.6) is 0 Å². The summed E-state index contributed by atoms with van der Waals surface area (Å²) in [5, 5.41) is 20.3. The molecule has 0 saturated heterocycles. The molecule has 0 radical (unpaired) electrons. The van der Waals surface area contributed by atoms with Gasteiger partial charge in [-0.2, -0.15) is 11.8 Å². The number of hydrogen-bond donors (Lipinski definition) is 1. The number of tetrazole rings is 1. The molecule has 0 saturated carbocycles. The maximum Gasteiger partial charge on any atom is 0.313 e. The van der Waals surface area contributed by atoms with Crippen LogP contribution in [0.4, 0.5) is 0 Å². The van der Waals surface area contributed by atoms with Crippen molar-refractivity contribution >= 4 is 29.5 Å². The molecule has 16 heavy (non-hydrogen) atoms. The third-order valence-electron chi connectivity index (χ3n) is 1.91. The first-order valence-corrected chi connectivity index (χ1v) is 6.81. The Bertz CT molecular complexity index is 367. The monoisotopic (exact) mass is 262 g/mol. The van der Waals surface area contributed by atoms with Crippen LogP contribution in [-0.4, -0.2) is 48.0 Å². The Kier molecular flexibility index (Phi) is 4.60. The van der Waals surface area contributed by atoms with Crippen LogP contribution >= 0.6 is 23.5 Å². The van der Waals surface area contributed by atoms with Crippen molar-refractivity contribution in [2.45, 2.75) is 30.3 Å². The highest BCUT2D eigenvalue weighted by atomic mass is 32.2. The van der Waals surface area contributed by atoms with Crippen molar-refractivity contribution in [3.8, 4) is 0 Å². The van der Waals surface area contributed by atoms with Crippen LogP contribution in [0.3, 0.4) is 0 Å². The van der Waals surface area contributed by atoms with Gasteiger partial charge in [-0.3, -0.25) is 4.79 Å². The zero-order valence-corrected chi connectivity index (χ0v) is 11.0. The van der Waals surface area contributed by atoms with Crippen LogP contribution < -0.4 is 0 Å². The van der Waals surface area contributed by atoms with Gasteiger partial charge >= 0.3 is 5.97 Å². The van der Waals surface area contributed by atoms with Gasteiger partial charge in [0.25, 0.3) is 0 Å². The molecule has 0 spiro atoms. The van der Waals surface area contributed by atoms with Gasteiger partial charge in [0.15, 0.2) is 0 Å². The fraction of sp³-hybridized carbons (Fsp3) is 0.750. The van der Waals surface area contributed by atoms with Crippen LogP contribution in [0.25, 0.3) is 0 Å². The second-order valence-electron chi connectivity index (χ2n) is 3.77. The Morgan fingerprint density at radius 1 is 1.56 bits per heavy atom. The van der Waals surface area contributed by atoms with Gasteiger partial charge in [0, 0.05) is 4.75 Å². The third kappa shape index (κ3) is 4.01. The van der Waals surface area contributed by atoms with E-state index in [0.717, 1.165) is 11.8 Å². The minimum absolute atomic E-state index is 0.0217. The molecule has 0 amide bonds. The van der Waals surface area contributed by atoms with E-state index in [9.17, 15) is 4.79 Å². The Balaban J connectivity index is 2.67. The Labute approximate surface area is 102 Å². The van der Waals surface area contributed by atoms with E-state index in [1.165, 1.54) is 0 Å². The first-order valence-electron chi connectivity index (χ1n) is 4.60. The number of thioether (sulfide) groups is 2. The number of rotatable bonds is 6. The summed E-state index contributed by atoms with van der Waals surface area (Å²) in [5.41, 5.74) is 0. The van der Waals surface area contributed by atoms with E-state index in [1.807, 2.05) is 6.26 Å². The summed E-state index contributed by atoms with van der Waals surface area (Å²) in [6.45, 7) is 4.83. The van der Waals surface area contributed by atoms with Crippen molar-refractivity contribution < 1.29 is 9.90 Å². The molecule has 1 aromatic rings. The first-order chi connectivity index (χ1) is 7.44. The molecule has 1 heterocycles. The average Bonchev–Trinajstić information content (AvgIpc) is 2.61. The highest BCUT2D eigenvalue weighted by Crippen LogP contribution is 2.24. The lowest BCUT2D eigenvalue weighted by Gasteiger charge is -2.21. The van der Waals surface area contributed by atoms with Crippen LogP contribution in [0.15, 0.2) is 5.16 Å². The molecule has 0 fully saturated rings. The number of hydrogen-bond acceptors (Lipinski definition) is 6. The van der Waals surface area contributed by atoms with Gasteiger partial charge in [0.05, 0.1) is 12.3 Å². The first kappa shape index (κ1) is 13.3. The molecule has 0 bridgehead atoms. The predicted octanol–water partition coefficient (Wildman–Crippen LogP) is 0.991. The van der Waals surface area contributed by atoms with Gasteiger partial charge in [0.1, 0.15) is 0 Å². The molecule has 0 unspecified atom stereocenters. The van der Waals surface area contributed by atoms with Crippen LogP contribution in [0.2, 0.25) is 0 Å². The van der Waals surface area contributed by atoms with E-state index in [4.69, 9.17) is 5.11 Å². The number of carboxylic acids is 1. The fourth-order valence-electron chi connectivity index (χ4n) is 0.951. The number of aromatic nitrogens is 4. The van der Waals surface area contributed by atoms with E-state index >= 15 is 0 Å². The molecular weight excluding hydrogens is 248 g/mol. The molecule has 1 aromatic heterocycles. The highest BCUT2D eigenvalue weighted by molar-refractivity contribution is 8.00. The predicted molar refractivity (Wildman–Crippen MR) is 63.8 cm³/mol. The second-order valence-corrected chi connectivity index (χ2v) is 6.22. The molecule has 6 nitrogen and oxygen atoms in total. The van der Waals surface area contributed by atoms with Crippen LogP contribution in [0, 0.1) is 0 Å². The molecule has 0 aliphatic carbocycles. The van der Waals surface area contributed by atoms with Gasteiger partial charge in [-0.1, -0.05) is 11.8 Å². The summed E-state index contributed by atoms with van der Waals surface area (Å²) in [5.74, 6) is -0.899. The van der Waals surface area contributed by atoms with E-state index in [-0.39, 0.29) is 10.5 Å². The molecule has 0 atom stereocenters. The molecule has 8 heteroatoms. The van der Waals surface area contributed by atoms with E-state index in [1.54, 1.807) is 16.4 Å². The lowest BCUT2D eigenvalue weighted by atomic mass is 10.2.